The van der Waals surface area contributed by atoms with Gasteiger partial charge in [-0.15, -0.1) is 23.1 Å². The van der Waals surface area contributed by atoms with Crippen LogP contribution in [0.2, 0.25) is 0 Å². The first-order valence-corrected chi connectivity index (χ1v) is 6.44. The maximum Gasteiger partial charge on any atom is 0.227 e. The number of ketones is 1. The van der Waals surface area contributed by atoms with Crippen molar-refractivity contribution in [3.05, 3.63) is 10.6 Å². The molecule has 16 heavy (non-hydrogen) atoms. The summed E-state index contributed by atoms with van der Waals surface area (Å²) in [6, 6.07) is 1.88. The fourth-order valence-electron chi connectivity index (χ4n) is 1.46. The summed E-state index contributed by atoms with van der Waals surface area (Å²) in [4.78, 5) is 11.9. The Labute approximate surface area is 100 Å². The van der Waals surface area contributed by atoms with Crippen LogP contribution in [0, 0.1) is 11.3 Å². The number of thiophene rings is 1. The number of nitrogens with two attached hydrogens (primary N) is 1. The summed E-state index contributed by atoms with van der Waals surface area (Å²) in [5.74, 6) is 0.00383. The molecular formula is C10H8N2O2S2. The summed E-state index contributed by atoms with van der Waals surface area (Å²) in [5.41, 5.74) is 6.57. The van der Waals surface area contributed by atoms with Crippen LogP contribution in [-0.2, 0) is 0 Å². The second kappa shape index (κ2) is 3.85. The van der Waals surface area contributed by atoms with Crippen molar-refractivity contribution < 1.29 is 9.21 Å². The lowest BCUT2D eigenvalue weighted by molar-refractivity contribution is 0.102. The van der Waals surface area contributed by atoms with Crippen molar-refractivity contribution in [2.75, 3.05) is 12.0 Å². The lowest BCUT2D eigenvalue weighted by Crippen LogP contribution is -1.85. The van der Waals surface area contributed by atoms with Crippen LogP contribution in [-0.4, -0.2) is 12.0 Å². The van der Waals surface area contributed by atoms with Crippen LogP contribution in [0.25, 0.3) is 11.0 Å². The lowest BCUT2D eigenvalue weighted by atomic mass is 10.2. The first kappa shape index (κ1) is 11.0. The Morgan fingerprint density at radius 2 is 2.31 bits per heavy atom. The number of nitrogen functional groups attached to an aromatic ring is 1. The highest BCUT2D eigenvalue weighted by atomic mass is 32.2. The van der Waals surface area contributed by atoms with Crippen LogP contribution in [0.1, 0.15) is 22.4 Å². The number of furan rings is 1. The standard InChI is InChI=1S/C10H8N2O2S2/c1-4(13)9-8-6(10(15-2)16-9)7(12)5(3-11)14-8/h12H2,1-2H3. The third kappa shape index (κ3) is 1.40. The second-order valence-electron chi connectivity index (χ2n) is 3.14. The van der Waals surface area contributed by atoms with Gasteiger partial charge < -0.3 is 10.2 Å². The number of carbonyl (C=O) groups excluding carboxylic acids is 1. The fourth-order valence-corrected chi connectivity index (χ4v) is 3.32. The van der Waals surface area contributed by atoms with Crippen molar-refractivity contribution >= 4 is 45.5 Å². The van der Waals surface area contributed by atoms with E-state index < -0.39 is 0 Å². The predicted molar refractivity (Wildman–Crippen MR) is 65.0 cm³/mol. The van der Waals surface area contributed by atoms with E-state index in [2.05, 4.69) is 0 Å². The number of anilines is 1. The maximum atomic E-state index is 11.4. The lowest BCUT2D eigenvalue weighted by Gasteiger charge is -1.90. The number of nitriles is 1. The smallest absolute Gasteiger partial charge is 0.227 e. The van der Waals surface area contributed by atoms with Crippen molar-refractivity contribution in [3.63, 3.8) is 0 Å². The maximum absolute atomic E-state index is 11.4. The highest BCUT2D eigenvalue weighted by Gasteiger charge is 2.23. The number of thioether (sulfide) groups is 1. The van der Waals surface area contributed by atoms with Gasteiger partial charge in [0.05, 0.1) is 15.3 Å². The van der Waals surface area contributed by atoms with Gasteiger partial charge in [-0.3, -0.25) is 4.79 Å². The topological polar surface area (TPSA) is 80.0 Å². The van der Waals surface area contributed by atoms with Crippen molar-refractivity contribution in [2.24, 2.45) is 0 Å². The molecule has 0 bridgehead atoms. The molecule has 0 spiro atoms. The van der Waals surface area contributed by atoms with E-state index in [0.29, 0.717) is 21.5 Å². The molecule has 6 heteroatoms. The molecule has 0 atom stereocenters. The SMILES string of the molecule is CSc1sc(C(C)=O)c2oc(C#N)c(N)c12. The average Bonchev–Trinajstić information content (AvgIpc) is 2.76. The summed E-state index contributed by atoms with van der Waals surface area (Å²) in [6.07, 6.45) is 1.90. The summed E-state index contributed by atoms with van der Waals surface area (Å²) in [6.45, 7) is 1.47. The molecule has 82 valence electrons. The Morgan fingerprint density at radius 1 is 1.62 bits per heavy atom. The molecule has 2 N–H and O–H groups in total. The number of hydrogen-bond donors (Lipinski definition) is 1. The van der Waals surface area contributed by atoms with Gasteiger partial charge in [0, 0.05) is 6.92 Å². The molecule has 0 fully saturated rings. The minimum absolute atomic E-state index is 0.0754. The number of Topliss-reactive ketones (excluding diaryl/α,β-unsaturated/α-hetero) is 1. The summed E-state index contributed by atoms with van der Waals surface area (Å²) < 4.78 is 6.22. The van der Waals surface area contributed by atoms with Crippen molar-refractivity contribution in [1.29, 1.82) is 5.26 Å². The zero-order valence-electron chi connectivity index (χ0n) is 8.66. The first-order chi connectivity index (χ1) is 7.60. The van der Waals surface area contributed by atoms with E-state index in [0.717, 1.165) is 4.21 Å². The molecule has 0 aliphatic heterocycles. The van der Waals surface area contributed by atoms with Gasteiger partial charge in [-0.1, -0.05) is 0 Å². The molecule has 0 amide bonds. The Kier molecular flexibility index (Phi) is 2.66. The Hall–Kier alpha value is -1.45. The summed E-state index contributed by atoms with van der Waals surface area (Å²) >= 11 is 2.84. The summed E-state index contributed by atoms with van der Waals surface area (Å²) in [7, 11) is 0. The number of nitrogens with zero attached hydrogens (tertiary/aromatic N) is 1. The zero-order valence-corrected chi connectivity index (χ0v) is 10.3. The number of fused-ring (bicyclic) bond motifs is 1. The molecule has 0 saturated carbocycles. The zero-order chi connectivity index (χ0) is 11.9. The van der Waals surface area contributed by atoms with Gasteiger partial charge in [-0.2, -0.15) is 5.26 Å². The number of hydrogen-bond acceptors (Lipinski definition) is 6. The molecule has 2 aromatic heterocycles. The highest BCUT2D eigenvalue weighted by Crippen LogP contribution is 2.43. The Balaban J connectivity index is 2.88. The normalized spacial score (nSPS) is 10.6. The second-order valence-corrected chi connectivity index (χ2v) is 5.24. The van der Waals surface area contributed by atoms with E-state index in [1.165, 1.54) is 30.0 Å². The minimum Gasteiger partial charge on any atom is -0.442 e. The third-order valence-electron chi connectivity index (χ3n) is 2.16. The van der Waals surface area contributed by atoms with Crippen LogP contribution in [0.4, 0.5) is 5.69 Å². The molecule has 0 aliphatic rings. The molecule has 2 heterocycles. The minimum atomic E-state index is -0.0754. The fraction of sp³-hybridized carbons (Fsp3) is 0.200. The molecule has 0 saturated heterocycles. The Morgan fingerprint density at radius 3 is 2.81 bits per heavy atom. The monoisotopic (exact) mass is 252 g/mol. The highest BCUT2D eigenvalue weighted by molar-refractivity contribution is 8.00. The van der Waals surface area contributed by atoms with Crippen molar-refractivity contribution in [3.8, 4) is 6.07 Å². The van der Waals surface area contributed by atoms with Crippen LogP contribution in [0.15, 0.2) is 8.63 Å². The number of rotatable bonds is 2. The van der Waals surface area contributed by atoms with Crippen LogP contribution < -0.4 is 5.73 Å². The van der Waals surface area contributed by atoms with Crippen LogP contribution >= 0.6 is 23.1 Å². The van der Waals surface area contributed by atoms with E-state index >= 15 is 0 Å². The molecular weight excluding hydrogens is 244 g/mol. The molecule has 0 radical (unpaired) electrons. The van der Waals surface area contributed by atoms with Crippen LogP contribution in [0.5, 0.6) is 0 Å². The van der Waals surface area contributed by atoms with E-state index in [9.17, 15) is 4.79 Å². The van der Waals surface area contributed by atoms with Gasteiger partial charge in [0.15, 0.2) is 11.4 Å². The van der Waals surface area contributed by atoms with Crippen LogP contribution in [0.3, 0.4) is 0 Å². The van der Waals surface area contributed by atoms with E-state index in [-0.39, 0.29) is 11.5 Å². The van der Waals surface area contributed by atoms with Gasteiger partial charge in [0.1, 0.15) is 10.9 Å². The molecule has 2 aromatic rings. The average molecular weight is 252 g/mol. The molecule has 4 nitrogen and oxygen atoms in total. The Bertz CT molecular complexity index is 619. The van der Waals surface area contributed by atoms with E-state index in [1.54, 1.807) is 0 Å². The largest absolute Gasteiger partial charge is 0.442 e. The molecule has 0 aromatic carbocycles. The third-order valence-corrected chi connectivity index (χ3v) is 4.55. The van der Waals surface area contributed by atoms with Gasteiger partial charge in [0.25, 0.3) is 0 Å². The number of carbonyl (C=O) groups is 1. The van der Waals surface area contributed by atoms with Crippen molar-refractivity contribution in [2.45, 2.75) is 11.1 Å². The molecule has 0 aliphatic carbocycles. The van der Waals surface area contributed by atoms with Gasteiger partial charge in [0.2, 0.25) is 5.76 Å². The molecule has 0 unspecified atom stereocenters. The summed E-state index contributed by atoms with van der Waals surface area (Å²) in [5, 5.41) is 9.51. The van der Waals surface area contributed by atoms with E-state index in [1.807, 2.05) is 12.3 Å². The first-order valence-electron chi connectivity index (χ1n) is 4.40. The quantitative estimate of drug-likeness (QED) is 0.656. The molecule has 2 rings (SSSR count). The van der Waals surface area contributed by atoms with Gasteiger partial charge >= 0.3 is 0 Å². The predicted octanol–water partition coefficient (Wildman–Crippen LogP) is 2.87. The van der Waals surface area contributed by atoms with Crippen molar-refractivity contribution in [1.82, 2.24) is 0 Å². The van der Waals surface area contributed by atoms with E-state index in [4.69, 9.17) is 15.4 Å². The van der Waals surface area contributed by atoms with Gasteiger partial charge in [-0.25, -0.2) is 0 Å². The van der Waals surface area contributed by atoms with Gasteiger partial charge in [-0.05, 0) is 6.26 Å².